The number of hydrogen-bond donors (Lipinski definition) is 2. The van der Waals surface area contributed by atoms with Gasteiger partial charge in [0.15, 0.2) is 0 Å². The Labute approximate surface area is 94.6 Å². The summed E-state index contributed by atoms with van der Waals surface area (Å²) in [5, 5.41) is 3.52. The van der Waals surface area contributed by atoms with E-state index in [1.165, 1.54) is 0 Å². The summed E-state index contributed by atoms with van der Waals surface area (Å²) in [6.45, 7) is 2.29. The van der Waals surface area contributed by atoms with Crippen molar-refractivity contribution in [3.05, 3.63) is 34.9 Å². The molecule has 0 aliphatic carbocycles. The smallest absolute Gasteiger partial charge is 0.221 e. The van der Waals surface area contributed by atoms with Crippen molar-refractivity contribution in [2.24, 2.45) is 5.73 Å². The fraction of sp³-hybridized carbons (Fsp3) is 0.364. The molecule has 0 aliphatic rings. The highest BCUT2D eigenvalue weighted by Gasteiger charge is 2.08. The molecule has 3 N–H and O–H groups in total. The molecular formula is C11H15ClN2O. The largest absolute Gasteiger partial charge is 0.350 e. The number of hydrogen-bond acceptors (Lipinski definition) is 2. The van der Waals surface area contributed by atoms with E-state index in [9.17, 15) is 4.79 Å². The summed E-state index contributed by atoms with van der Waals surface area (Å²) in [4.78, 5) is 11.3. The van der Waals surface area contributed by atoms with Crippen LogP contribution in [0, 0.1) is 0 Å². The number of halogens is 1. The molecule has 0 aromatic heterocycles. The molecule has 0 fully saturated rings. The molecule has 4 heteroatoms. The van der Waals surface area contributed by atoms with E-state index >= 15 is 0 Å². The van der Waals surface area contributed by atoms with Gasteiger partial charge in [-0.25, -0.2) is 0 Å². The molecule has 0 radical (unpaired) electrons. The number of amides is 1. The van der Waals surface area contributed by atoms with Crippen molar-refractivity contribution < 1.29 is 4.79 Å². The predicted molar refractivity (Wildman–Crippen MR) is 61.7 cm³/mol. The van der Waals surface area contributed by atoms with E-state index in [1.54, 1.807) is 6.07 Å². The van der Waals surface area contributed by atoms with Crippen molar-refractivity contribution >= 4 is 17.5 Å². The molecule has 1 atom stereocenters. The first-order chi connectivity index (χ1) is 7.13. The minimum Gasteiger partial charge on any atom is -0.350 e. The highest BCUT2D eigenvalue weighted by Crippen LogP contribution is 2.17. The number of nitrogens with one attached hydrogen (secondary N) is 1. The van der Waals surface area contributed by atoms with Crippen LogP contribution in [0.2, 0.25) is 5.02 Å². The second-order valence-electron chi connectivity index (χ2n) is 3.38. The van der Waals surface area contributed by atoms with E-state index in [2.05, 4.69) is 5.32 Å². The van der Waals surface area contributed by atoms with Crippen LogP contribution in [0.5, 0.6) is 0 Å². The maximum absolute atomic E-state index is 11.3. The van der Waals surface area contributed by atoms with Crippen LogP contribution in [0.4, 0.5) is 0 Å². The van der Waals surface area contributed by atoms with Crippen molar-refractivity contribution in [3.8, 4) is 0 Å². The lowest BCUT2D eigenvalue weighted by Gasteiger charge is -2.14. The van der Waals surface area contributed by atoms with E-state index in [1.807, 2.05) is 25.1 Å². The van der Waals surface area contributed by atoms with Gasteiger partial charge in [0.05, 0.1) is 6.04 Å². The molecular weight excluding hydrogens is 212 g/mol. The number of rotatable bonds is 4. The molecule has 82 valence electrons. The van der Waals surface area contributed by atoms with Crippen LogP contribution in [0.15, 0.2) is 24.3 Å². The van der Waals surface area contributed by atoms with Gasteiger partial charge in [-0.3, -0.25) is 4.79 Å². The Hall–Kier alpha value is -1.06. The van der Waals surface area contributed by atoms with Crippen LogP contribution in [0.3, 0.4) is 0 Å². The van der Waals surface area contributed by atoms with Crippen LogP contribution in [-0.4, -0.2) is 12.5 Å². The second kappa shape index (κ2) is 5.73. The molecule has 1 aromatic rings. The third kappa shape index (κ3) is 3.90. The Bertz CT molecular complexity index is 341. The van der Waals surface area contributed by atoms with E-state index in [0.717, 1.165) is 5.56 Å². The fourth-order valence-electron chi connectivity index (χ4n) is 1.30. The molecule has 1 aromatic carbocycles. The SMILES string of the molecule is C[C@@H](NC(=O)CCN)c1cccc(Cl)c1. The Morgan fingerprint density at radius 2 is 2.33 bits per heavy atom. The zero-order valence-electron chi connectivity index (χ0n) is 8.66. The third-order valence-electron chi connectivity index (χ3n) is 2.10. The highest BCUT2D eigenvalue weighted by atomic mass is 35.5. The van der Waals surface area contributed by atoms with Gasteiger partial charge >= 0.3 is 0 Å². The van der Waals surface area contributed by atoms with Gasteiger partial charge in [0.25, 0.3) is 0 Å². The van der Waals surface area contributed by atoms with E-state index in [4.69, 9.17) is 17.3 Å². The molecule has 0 aliphatic heterocycles. The maximum atomic E-state index is 11.3. The predicted octanol–water partition coefficient (Wildman–Crippen LogP) is 1.87. The number of benzene rings is 1. The van der Waals surface area contributed by atoms with Gasteiger partial charge < -0.3 is 11.1 Å². The molecule has 15 heavy (non-hydrogen) atoms. The summed E-state index contributed by atoms with van der Waals surface area (Å²) in [7, 11) is 0. The summed E-state index contributed by atoms with van der Waals surface area (Å²) in [5.41, 5.74) is 6.28. The second-order valence-corrected chi connectivity index (χ2v) is 3.82. The van der Waals surface area contributed by atoms with Crippen LogP contribution in [-0.2, 0) is 4.79 Å². The lowest BCUT2D eigenvalue weighted by Crippen LogP contribution is -2.28. The van der Waals surface area contributed by atoms with Gasteiger partial charge in [-0.2, -0.15) is 0 Å². The molecule has 1 rings (SSSR count). The van der Waals surface area contributed by atoms with Crippen molar-refractivity contribution in [1.29, 1.82) is 0 Å². The van der Waals surface area contributed by atoms with Crippen molar-refractivity contribution in [3.63, 3.8) is 0 Å². The van der Waals surface area contributed by atoms with E-state index in [0.29, 0.717) is 18.0 Å². The summed E-state index contributed by atoms with van der Waals surface area (Å²) >= 11 is 5.85. The minimum atomic E-state index is -0.0391. The third-order valence-corrected chi connectivity index (χ3v) is 2.33. The van der Waals surface area contributed by atoms with Gasteiger partial charge in [-0.05, 0) is 24.6 Å². The van der Waals surface area contributed by atoms with Gasteiger partial charge in [0.2, 0.25) is 5.91 Å². The lowest BCUT2D eigenvalue weighted by atomic mass is 10.1. The van der Waals surface area contributed by atoms with Gasteiger partial charge in [-0.15, -0.1) is 0 Å². The van der Waals surface area contributed by atoms with Crippen LogP contribution in [0.1, 0.15) is 24.9 Å². The van der Waals surface area contributed by atoms with Crippen LogP contribution in [0.25, 0.3) is 0 Å². The monoisotopic (exact) mass is 226 g/mol. The topological polar surface area (TPSA) is 55.1 Å². The molecule has 1 amide bonds. The molecule has 0 spiro atoms. The van der Waals surface area contributed by atoms with Crippen LogP contribution >= 0.6 is 11.6 Å². The van der Waals surface area contributed by atoms with Crippen molar-refractivity contribution in [1.82, 2.24) is 5.32 Å². The Kier molecular flexibility index (Phi) is 4.59. The molecule has 0 saturated heterocycles. The standard InChI is InChI=1S/C11H15ClN2O/c1-8(14-11(15)5-6-13)9-3-2-4-10(12)7-9/h2-4,7-8H,5-6,13H2,1H3,(H,14,15)/t8-/m1/s1. The Balaban J connectivity index is 2.60. The maximum Gasteiger partial charge on any atom is 0.221 e. The zero-order valence-corrected chi connectivity index (χ0v) is 9.42. The molecule has 0 saturated carbocycles. The molecule has 0 unspecified atom stereocenters. The summed E-state index contributed by atoms with van der Waals surface area (Å²) < 4.78 is 0. The molecule has 0 bridgehead atoms. The average Bonchev–Trinajstić information content (AvgIpc) is 2.18. The first kappa shape index (κ1) is 12.0. The first-order valence-corrected chi connectivity index (χ1v) is 5.26. The zero-order chi connectivity index (χ0) is 11.3. The molecule has 3 nitrogen and oxygen atoms in total. The number of carbonyl (C=O) groups is 1. The number of carbonyl (C=O) groups excluding carboxylic acids is 1. The van der Waals surface area contributed by atoms with E-state index < -0.39 is 0 Å². The minimum absolute atomic E-state index is 0.0371. The van der Waals surface area contributed by atoms with Crippen molar-refractivity contribution in [2.75, 3.05) is 6.54 Å². The quantitative estimate of drug-likeness (QED) is 0.824. The van der Waals surface area contributed by atoms with Gasteiger partial charge in [0.1, 0.15) is 0 Å². The summed E-state index contributed by atoms with van der Waals surface area (Å²) in [6.07, 6.45) is 0.352. The normalized spacial score (nSPS) is 12.2. The molecule has 0 heterocycles. The Morgan fingerprint density at radius 3 is 2.93 bits per heavy atom. The first-order valence-electron chi connectivity index (χ1n) is 4.88. The highest BCUT2D eigenvalue weighted by molar-refractivity contribution is 6.30. The summed E-state index contributed by atoms with van der Waals surface area (Å²) in [5.74, 6) is -0.0371. The van der Waals surface area contributed by atoms with E-state index in [-0.39, 0.29) is 11.9 Å². The summed E-state index contributed by atoms with van der Waals surface area (Å²) in [6, 6.07) is 7.40. The fourth-order valence-corrected chi connectivity index (χ4v) is 1.50. The van der Waals surface area contributed by atoms with Gasteiger partial charge in [0, 0.05) is 18.0 Å². The van der Waals surface area contributed by atoms with Crippen molar-refractivity contribution in [2.45, 2.75) is 19.4 Å². The Morgan fingerprint density at radius 1 is 1.60 bits per heavy atom. The average molecular weight is 227 g/mol. The number of nitrogens with two attached hydrogens (primary N) is 1. The van der Waals surface area contributed by atoms with Gasteiger partial charge in [-0.1, -0.05) is 23.7 Å². The van der Waals surface area contributed by atoms with Crippen LogP contribution < -0.4 is 11.1 Å². The lowest BCUT2D eigenvalue weighted by molar-refractivity contribution is -0.121.